The number of nitriles is 1. The average Bonchev–Trinajstić information content (AvgIpc) is 2.49. The van der Waals surface area contributed by atoms with Crippen LogP contribution in [0, 0.1) is 11.3 Å². The Hall–Kier alpha value is -2.38. The molecule has 0 aliphatic heterocycles. The van der Waals surface area contributed by atoms with E-state index in [4.69, 9.17) is 16.3 Å². The minimum absolute atomic E-state index is 0.295. The fourth-order valence-corrected chi connectivity index (χ4v) is 2.04. The van der Waals surface area contributed by atoms with Gasteiger partial charge >= 0.3 is 0 Å². The molecule has 4 nitrogen and oxygen atoms in total. The van der Waals surface area contributed by atoms with E-state index in [2.05, 4.69) is 4.98 Å². The fraction of sp³-hybridized carbons (Fsp3) is 0.133. The molecule has 1 unspecified atom stereocenters. The molecule has 0 spiro atoms. The van der Waals surface area contributed by atoms with E-state index in [0.29, 0.717) is 21.9 Å². The Labute approximate surface area is 121 Å². The molecule has 0 saturated carbocycles. The van der Waals surface area contributed by atoms with Gasteiger partial charge in [-0.25, -0.2) is 0 Å². The second kappa shape index (κ2) is 6.18. The lowest BCUT2D eigenvalue weighted by atomic mass is 9.92. The van der Waals surface area contributed by atoms with Crippen LogP contribution in [0.5, 0.6) is 5.75 Å². The quantitative estimate of drug-likeness (QED) is 0.810. The highest BCUT2D eigenvalue weighted by molar-refractivity contribution is 6.31. The third-order valence-corrected chi connectivity index (χ3v) is 3.09. The SMILES string of the molecule is COc1ccc(Cl)cc1C(=O)C(C#N)c1ccncc1. The Morgan fingerprint density at radius 2 is 2.05 bits per heavy atom. The van der Waals surface area contributed by atoms with E-state index in [-0.39, 0.29) is 5.78 Å². The normalized spacial score (nSPS) is 11.4. The Bertz CT molecular complexity index is 665. The summed E-state index contributed by atoms with van der Waals surface area (Å²) in [4.78, 5) is 16.4. The van der Waals surface area contributed by atoms with Crippen molar-refractivity contribution in [2.24, 2.45) is 0 Å². The summed E-state index contributed by atoms with van der Waals surface area (Å²) >= 11 is 5.91. The van der Waals surface area contributed by atoms with Crippen molar-refractivity contribution >= 4 is 17.4 Å². The number of methoxy groups -OCH3 is 1. The zero-order chi connectivity index (χ0) is 14.5. The number of hydrogen-bond donors (Lipinski definition) is 0. The molecule has 100 valence electrons. The second-order valence-corrected chi connectivity index (χ2v) is 4.49. The molecule has 1 atom stereocenters. The summed E-state index contributed by atoms with van der Waals surface area (Å²) in [6, 6.07) is 10.0. The van der Waals surface area contributed by atoms with Gasteiger partial charge in [-0.05, 0) is 35.9 Å². The van der Waals surface area contributed by atoms with Gasteiger partial charge in [0, 0.05) is 17.4 Å². The number of hydrogen-bond acceptors (Lipinski definition) is 4. The van der Waals surface area contributed by atoms with Crippen LogP contribution in [0.3, 0.4) is 0 Å². The molecule has 1 aromatic carbocycles. The number of aromatic nitrogens is 1. The van der Waals surface area contributed by atoms with Crippen molar-refractivity contribution < 1.29 is 9.53 Å². The van der Waals surface area contributed by atoms with Gasteiger partial charge in [-0.2, -0.15) is 5.26 Å². The van der Waals surface area contributed by atoms with Gasteiger partial charge in [0.25, 0.3) is 0 Å². The van der Waals surface area contributed by atoms with Gasteiger partial charge in [0.15, 0.2) is 5.78 Å². The highest BCUT2D eigenvalue weighted by Crippen LogP contribution is 2.28. The van der Waals surface area contributed by atoms with Crippen LogP contribution < -0.4 is 4.74 Å². The van der Waals surface area contributed by atoms with Crippen LogP contribution in [-0.2, 0) is 0 Å². The minimum atomic E-state index is -0.912. The van der Waals surface area contributed by atoms with Crippen LogP contribution in [-0.4, -0.2) is 17.9 Å². The number of Topliss-reactive ketones (excluding diaryl/α,β-unsaturated/α-hetero) is 1. The number of pyridine rings is 1. The summed E-state index contributed by atoms with van der Waals surface area (Å²) in [6.45, 7) is 0. The third kappa shape index (κ3) is 2.79. The molecule has 0 saturated heterocycles. The zero-order valence-electron chi connectivity index (χ0n) is 10.7. The Morgan fingerprint density at radius 3 is 2.65 bits per heavy atom. The van der Waals surface area contributed by atoms with Crippen LogP contribution in [0.15, 0.2) is 42.7 Å². The summed E-state index contributed by atoms with van der Waals surface area (Å²) in [5.74, 6) is -0.864. The average molecular weight is 287 g/mol. The largest absolute Gasteiger partial charge is 0.496 e. The lowest BCUT2D eigenvalue weighted by Gasteiger charge is -2.12. The van der Waals surface area contributed by atoms with E-state index < -0.39 is 5.92 Å². The molecule has 1 heterocycles. The smallest absolute Gasteiger partial charge is 0.188 e. The first-order valence-electron chi connectivity index (χ1n) is 5.84. The lowest BCUT2D eigenvalue weighted by molar-refractivity contribution is 0.0976. The van der Waals surface area contributed by atoms with Crippen molar-refractivity contribution in [3.63, 3.8) is 0 Å². The molecular weight excluding hydrogens is 276 g/mol. The predicted molar refractivity (Wildman–Crippen MR) is 74.9 cm³/mol. The van der Waals surface area contributed by atoms with Gasteiger partial charge in [-0.15, -0.1) is 0 Å². The standard InChI is InChI=1S/C15H11ClN2O2/c1-20-14-3-2-11(16)8-12(14)15(19)13(9-17)10-4-6-18-7-5-10/h2-8,13H,1H3. The van der Waals surface area contributed by atoms with Crippen LogP contribution in [0.25, 0.3) is 0 Å². The summed E-state index contributed by atoms with van der Waals surface area (Å²) in [5, 5.41) is 9.70. The summed E-state index contributed by atoms with van der Waals surface area (Å²) in [6.07, 6.45) is 3.09. The number of carbonyl (C=O) groups excluding carboxylic acids is 1. The monoisotopic (exact) mass is 286 g/mol. The summed E-state index contributed by atoms with van der Waals surface area (Å²) in [5.41, 5.74) is 0.887. The number of nitrogens with zero attached hydrogens (tertiary/aromatic N) is 2. The second-order valence-electron chi connectivity index (χ2n) is 4.05. The van der Waals surface area contributed by atoms with Gasteiger partial charge in [-0.3, -0.25) is 9.78 Å². The van der Waals surface area contributed by atoms with E-state index in [1.165, 1.54) is 13.2 Å². The zero-order valence-corrected chi connectivity index (χ0v) is 11.5. The van der Waals surface area contributed by atoms with E-state index in [0.717, 1.165) is 0 Å². The molecule has 0 radical (unpaired) electrons. The van der Waals surface area contributed by atoms with E-state index in [9.17, 15) is 10.1 Å². The van der Waals surface area contributed by atoms with Gasteiger partial charge in [0.2, 0.25) is 0 Å². The maximum atomic E-state index is 12.5. The van der Waals surface area contributed by atoms with Crippen molar-refractivity contribution in [3.05, 3.63) is 58.9 Å². The van der Waals surface area contributed by atoms with Crippen molar-refractivity contribution in [2.75, 3.05) is 7.11 Å². The van der Waals surface area contributed by atoms with Crippen molar-refractivity contribution in [2.45, 2.75) is 5.92 Å². The third-order valence-electron chi connectivity index (χ3n) is 2.86. The fourth-order valence-electron chi connectivity index (χ4n) is 1.87. The van der Waals surface area contributed by atoms with Crippen molar-refractivity contribution in [3.8, 4) is 11.8 Å². The first kappa shape index (κ1) is 14.0. The molecular formula is C15H11ClN2O2. The molecule has 20 heavy (non-hydrogen) atoms. The lowest BCUT2D eigenvalue weighted by Crippen LogP contribution is -2.12. The van der Waals surface area contributed by atoms with E-state index >= 15 is 0 Å². The first-order chi connectivity index (χ1) is 9.67. The number of ketones is 1. The summed E-state index contributed by atoms with van der Waals surface area (Å²) < 4.78 is 5.15. The molecule has 0 aliphatic carbocycles. The number of benzene rings is 1. The topological polar surface area (TPSA) is 63.0 Å². The highest BCUT2D eigenvalue weighted by Gasteiger charge is 2.24. The molecule has 1 aromatic heterocycles. The van der Waals surface area contributed by atoms with Crippen LogP contribution in [0.4, 0.5) is 0 Å². The number of halogens is 1. The molecule has 0 bridgehead atoms. The Balaban J connectivity index is 2.45. The molecule has 2 rings (SSSR count). The molecule has 2 aromatic rings. The van der Waals surface area contributed by atoms with Gasteiger partial charge in [0.1, 0.15) is 11.7 Å². The Kier molecular flexibility index (Phi) is 4.34. The number of carbonyl (C=O) groups is 1. The van der Waals surface area contributed by atoms with Gasteiger partial charge in [-0.1, -0.05) is 11.6 Å². The summed E-state index contributed by atoms with van der Waals surface area (Å²) in [7, 11) is 1.47. The molecule has 0 fully saturated rings. The van der Waals surface area contributed by atoms with Crippen LogP contribution in [0.1, 0.15) is 21.8 Å². The van der Waals surface area contributed by atoms with E-state index in [1.54, 1.807) is 36.7 Å². The van der Waals surface area contributed by atoms with Crippen molar-refractivity contribution in [1.29, 1.82) is 5.26 Å². The minimum Gasteiger partial charge on any atom is -0.496 e. The van der Waals surface area contributed by atoms with Gasteiger partial charge in [0.05, 0.1) is 18.7 Å². The Morgan fingerprint density at radius 1 is 1.35 bits per heavy atom. The van der Waals surface area contributed by atoms with E-state index in [1.807, 2.05) is 6.07 Å². The van der Waals surface area contributed by atoms with Crippen LogP contribution in [0.2, 0.25) is 5.02 Å². The predicted octanol–water partition coefficient (Wildman–Crippen LogP) is 3.23. The molecule has 0 aliphatic rings. The van der Waals surface area contributed by atoms with Crippen molar-refractivity contribution in [1.82, 2.24) is 4.98 Å². The first-order valence-corrected chi connectivity index (χ1v) is 6.22. The molecule has 0 amide bonds. The van der Waals surface area contributed by atoms with Crippen LogP contribution >= 0.6 is 11.6 Å². The van der Waals surface area contributed by atoms with Gasteiger partial charge < -0.3 is 4.74 Å². The number of ether oxygens (including phenoxy) is 1. The molecule has 5 heteroatoms. The highest BCUT2D eigenvalue weighted by atomic mass is 35.5. The number of rotatable bonds is 4. The maximum Gasteiger partial charge on any atom is 0.188 e. The maximum absolute atomic E-state index is 12.5. The molecule has 0 N–H and O–H groups in total.